The number of rotatable bonds is 11. The average Bonchev–Trinajstić information content (AvgIpc) is 2.41. The fourth-order valence-corrected chi connectivity index (χ4v) is 2.98. The molecule has 0 atom stereocenters. The average molecular weight is 352 g/mol. The van der Waals surface area contributed by atoms with E-state index >= 15 is 0 Å². The lowest BCUT2D eigenvalue weighted by molar-refractivity contribution is -0.144. The van der Waals surface area contributed by atoms with Crippen molar-refractivity contribution in [2.45, 2.75) is 26.7 Å². The molecule has 0 spiro atoms. The normalized spacial score (nSPS) is 9.73. The zero-order valence-electron chi connectivity index (χ0n) is 12.5. The number of hydrogen-bond acceptors (Lipinski definition) is 8. The first kappa shape index (κ1) is 20.6. The van der Waals surface area contributed by atoms with Crippen molar-refractivity contribution in [2.24, 2.45) is 0 Å². The van der Waals surface area contributed by atoms with Gasteiger partial charge < -0.3 is 20.1 Å². The molecular weight excluding hydrogens is 332 g/mol. The lowest BCUT2D eigenvalue weighted by atomic mass is 10.5. The van der Waals surface area contributed by atoms with E-state index in [2.05, 4.69) is 20.1 Å². The van der Waals surface area contributed by atoms with Crippen LogP contribution in [0.5, 0.6) is 0 Å². The summed E-state index contributed by atoms with van der Waals surface area (Å²) in [7, 11) is 2.95. The number of carbonyl (C=O) groups is 4. The smallest absolute Gasteiger partial charge is 0.304 e. The van der Waals surface area contributed by atoms with E-state index in [0.29, 0.717) is 24.3 Å². The summed E-state index contributed by atoms with van der Waals surface area (Å²) in [5.74, 6) is -0.117. The van der Waals surface area contributed by atoms with Crippen molar-refractivity contribution in [3.8, 4) is 0 Å². The van der Waals surface area contributed by atoms with Gasteiger partial charge in [0.05, 0.1) is 0 Å². The molecule has 10 heteroatoms. The van der Waals surface area contributed by atoms with Gasteiger partial charge in [-0.2, -0.15) is 0 Å². The largest absolute Gasteiger partial charge is 0.445 e. The maximum atomic E-state index is 11.3. The van der Waals surface area contributed by atoms with Crippen molar-refractivity contribution in [1.29, 1.82) is 0 Å². The van der Waals surface area contributed by atoms with Crippen LogP contribution in [0, 0.1) is 0 Å². The second kappa shape index (κ2) is 13.3. The minimum atomic E-state index is -0.447. The Morgan fingerprint density at radius 2 is 1.14 bits per heavy atom. The van der Waals surface area contributed by atoms with Gasteiger partial charge in [-0.15, -0.1) is 0 Å². The fraction of sp³-hybridized carbons (Fsp3) is 0.667. The molecule has 0 aliphatic heterocycles. The predicted molar refractivity (Wildman–Crippen MR) is 83.7 cm³/mol. The van der Waals surface area contributed by atoms with Crippen molar-refractivity contribution in [3.63, 3.8) is 0 Å². The van der Waals surface area contributed by atoms with E-state index in [1.54, 1.807) is 0 Å². The Bertz CT molecular complexity index is 356. The van der Waals surface area contributed by atoms with Crippen LogP contribution in [0.1, 0.15) is 26.7 Å². The summed E-state index contributed by atoms with van der Waals surface area (Å²) in [6.45, 7) is 2.30. The number of esters is 2. The Labute approximate surface area is 136 Å². The Morgan fingerprint density at radius 3 is 1.45 bits per heavy atom. The van der Waals surface area contributed by atoms with Crippen LogP contribution >= 0.6 is 21.6 Å². The van der Waals surface area contributed by atoms with Gasteiger partial charge in [-0.3, -0.25) is 19.2 Å². The number of amides is 2. The van der Waals surface area contributed by atoms with E-state index in [1.165, 1.54) is 35.4 Å². The van der Waals surface area contributed by atoms with Gasteiger partial charge in [0.25, 0.3) is 0 Å². The molecule has 0 radical (unpaired) electrons. The summed E-state index contributed by atoms with van der Waals surface area (Å²) in [6, 6.07) is 0. The molecule has 0 aromatic rings. The molecule has 0 rings (SSSR count). The molecule has 0 aliphatic carbocycles. The van der Waals surface area contributed by atoms with E-state index in [9.17, 15) is 19.2 Å². The van der Waals surface area contributed by atoms with E-state index in [1.807, 2.05) is 0 Å². The second-order valence-corrected chi connectivity index (χ2v) is 6.61. The summed E-state index contributed by atoms with van der Waals surface area (Å²) < 4.78 is 9.14. The zero-order chi connectivity index (χ0) is 16.8. The van der Waals surface area contributed by atoms with Gasteiger partial charge in [0.1, 0.15) is 0 Å². The van der Waals surface area contributed by atoms with Crippen LogP contribution in [0.2, 0.25) is 0 Å². The van der Waals surface area contributed by atoms with Crippen LogP contribution in [0.25, 0.3) is 0 Å². The van der Waals surface area contributed by atoms with E-state index in [0.717, 1.165) is 0 Å². The number of carbonyl (C=O) groups excluding carboxylic acids is 4. The van der Waals surface area contributed by atoms with Crippen molar-refractivity contribution >= 4 is 45.3 Å². The first-order chi connectivity index (χ1) is 10.4. The first-order valence-corrected chi connectivity index (χ1v) is 8.95. The number of hydrogen-bond donors (Lipinski definition) is 2. The molecular formula is C12H20N2O6S2. The SMILES string of the molecule is CC(=O)OCNC(=O)CCSSCCC(=O)NCOC(C)=O. The molecule has 2 amide bonds. The second-order valence-electron chi connectivity index (χ2n) is 3.90. The minimum Gasteiger partial charge on any atom is -0.445 e. The molecule has 0 unspecified atom stereocenters. The van der Waals surface area contributed by atoms with Gasteiger partial charge in [0.2, 0.25) is 11.8 Å². The molecule has 0 fully saturated rings. The van der Waals surface area contributed by atoms with Crippen molar-refractivity contribution in [2.75, 3.05) is 25.0 Å². The molecule has 0 saturated heterocycles. The third kappa shape index (κ3) is 15.0. The van der Waals surface area contributed by atoms with Gasteiger partial charge in [0, 0.05) is 38.2 Å². The molecule has 0 heterocycles. The lowest BCUT2D eigenvalue weighted by Gasteiger charge is -2.05. The van der Waals surface area contributed by atoms with Gasteiger partial charge in [0.15, 0.2) is 13.5 Å². The Hall–Kier alpha value is -1.42. The van der Waals surface area contributed by atoms with Gasteiger partial charge in [-0.1, -0.05) is 21.6 Å². The summed E-state index contributed by atoms with van der Waals surface area (Å²) in [6.07, 6.45) is 0.606. The third-order valence-electron chi connectivity index (χ3n) is 2.00. The third-order valence-corrected chi connectivity index (χ3v) is 4.41. The summed E-state index contributed by atoms with van der Waals surface area (Å²) in [5, 5.41) is 4.89. The Morgan fingerprint density at radius 1 is 0.773 bits per heavy atom. The summed E-state index contributed by atoms with van der Waals surface area (Å²) in [4.78, 5) is 43.6. The molecule has 0 aromatic heterocycles. The van der Waals surface area contributed by atoms with Crippen LogP contribution < -0.4 is 10.6 Å². The van der Waals surface area contributed by atoms with E-state index in [4.69, 9.17) is 0 Å². The molecule has 0 aliphatic rings. The van der Waals surface area contributed by atoms with E-state index in [-0.39, 0.29) is 25.3 Å². The predicted octanol–water partition coefficient (Wildman–Crippen LogP) is 0.422. The van der Waals surface area contributed by atoms with Gasteiger partial charge in [-0.25, -0.2) is 0 Å². The summed E-state index contributed by atoms with van der Waals surface area (Å²) in [5.41, 5.74) is 0. The Balaban J connectivity index is 3.38. The maximum Gasteiger partial charge on any atom is 0.304 e. The van der Waals surface area contributed by atoms with Crippen molar-refractivity contribution in [3.05, 3.63) is 0 Å². The van der Waals surface area contributed by atoms with Crippen molar-refractivity contribution in [1.82, 2.24) is 10.6 Å². The fourth-order valence-electron chi connectivity index (χ4n) is 1.000. The Kier molecular flexibility index (Phi) is 12.4. The highest BCUT2D eigenvalue weighted by Gasteiger charge is 2.04. The number of nitrogens with one attached hydrogen (secondary N) is 2. The van der Waals surface area contributed by atoms with E-state index < -0.39 is 11.9 Å². The van der Waals surface area contributed by atoms with Gasteiger partial charge in [-0.05, 0) is 0 Å². The molecule has 0 bridgehead atoms. The van der Waals surface area contributed by atoms with Crippen molar-refractivity contribution < 1.29 is 28.7 Å². The number of ether oxygens (including phenoxy) is 2. The molecule has 2 N–H and O–H groups in total. The topological polar surface area (TPSA) is 111 Å². The molecule has 0 aromatic carbocycles. The zero-order valence-corrected chi connectivity index (χ0v) is 14.1. The molecule has 0 saturated carbocycles. The highest BCUT2D eigenvalue weighted by molar-refractivity contribution is 8.76. The summed E-state index contributed by atoms with van der Waals surface area (Å²) >= 11 is 0. The highest BCUT2D eigenvalue weighted by atomic mass is 33.1. The molecule has 8 nitrogen and oxygen atoms in total. The quantitative estimate of drug-likeness (QED) is 0.238. The van der Waals surface area contributed by atoms with Crippen LogP contribution in [-0.4, -0.2) is 48.7 Å². The molecule has 126 valence electrons. The standard InChI is InChI=1S/C12H20N2O6S2/c1-9(15)19-7-13-11(17)3-5-21-22-6-4-12(18)14-8-20-10(2)16/h3-8H2,1-2H3,(H,13,17)(H,14,18). The van der Waals surface area contributed by atoms with Crippen LogP contribution in [0.15, 0.2) is 0 Å². The minimum absolute atomic E-state index is 0.117. The van der Waals surface area contributed by atoms with Crippen LogP contribution in [-0.2, 0) is 28.7 Å². The lowest BCUT2D eigenvalue weighted by Crippen LogP contribution is -2.27. The first-order valence-electron chi connectivity index (χ1n) is 6.46. The van der Waals surface area contributed by atoms with Crippen LogP contribution in [0.4, 0.5) is 0 Å². The highest BCUT2D eigenvalue weighted by Crippen LogP contribution is 2.22. The maximum absolute atomic E-state index is 11.3. The monoisotopic (exact) mass is 352 g/mol. The molecule has 22 heavy (non-hydrogen) atoms. The van der Waals surface area contributed by atoms with Gasteiger partial charge >= 0.3 is 11.9 Å². The van der Waals surface area contributed by atoms with Crippen LogP contribution in [0.3, 0.4) is 0 Å².